The molecule has 1 fully saturated rings. The summed E-state index contributed by atoms with van der Waals surface area (Å²) in [6.07, 6.45) is 0.622. The van der Waals surface area contributed by atoms with Crippen LogP contribution in [-0.4, -0.2) is 25.5 Å². The third-order valence-corrected chi connectivity index (χ3v) is 5.87. The van der Waals surface area contributed by atoms with E-state index in [4.69, 9.17) is 23.2 Å². The van der Waals surface area contributed by atoms with Gasteiger partial charge in [0.1, 0.15) is 0 Å². The van der Waals surface area contributed by atoms with Crippen LogP contribution in [0.2, 0.25) is 10.0 Å². The lowest BCUT2D eigenvalue weighted by Gasteiger charge is -2.24. The van der Waals surface area contributed by atoms with Gasteiger partial charge in [-0.1, -0.05) is 29.3 Å². The molecule has 100 valence electrons. The van der Waals surface area contributed by atoms with E-state index in [0.29, 0.717) is 23.0 Å². The molecule has 0 amide bonds. The van der Waals surface area contributed by atoms with E-state index in [-0.39, 0.29) is 17.0 Å². The minimum atomic E-state index is -2.91. The molecule has 0 aromatic heterocycles. The van der Waals surface area contributed by atoms with Crippen LogP contribution in [0.4, 0.5) is 0 Å². The van der Waals surface area contributed by atoms with Crippen LogP contribution in [0.25, 0.3) is 0 Å². The van der Waals surface area contributed by atoms with E-state index in [2.05, 4.69) is 5.32 Å². The van der Waals surface area contributed by atoms with Crippen molar-refractivity contribution in [3.63, 3.8) is 0 Å². The Bertz CT molecular complexity index is 539. The number of nitrogens with one attached hydrogen (secondary N) is 1. The van der Waals surface area contributed by atoms with Crippen molar-refractivity contribution >= 4 is 33.0 Å². The smallest absolute Gasteiger partial charge is 0.152 e. The second-order valence-corrected chi connectivity index (χ2v) is 7.95. The average Bonchev–Trinajstić information content (AvgIpc) is 2.53. The number of sulfone groups is 1. The molecular weight excluding hydrogens is 293 g/mol. The molecule has 0 bridgehead atoms. The lowest BCUT2D eigenvalue weighted by atomic mass is 10.0. The van der Waals surface area contributed by atoms with Gasteiger partial charge in [0.15, 0.2) is 9.84 Å². The molecule has 1 atom stereocenters. The fourth-order valence-electron chi connectivity index (χ4n) is 2.15. The van der Waals surface area contributed by atoms with Crippen molar-refractivity contribution in [2.75, 3.05) is 11.5 Å². The zero-order chi connectivity index (χ0) is 13.4. The van der Waals surface area contributed by atoms with Gasteiger partial charge in [-0.25, -0.2) is 8.42 Å². The molecule has 18 heavy (non-hydrogen) atoms. The number of rotatable bonds is 3. The minimum Gasteiger partial charge on any atom is -0.306 e. The van der Waals surface area contributed by atoms with Gasteiger partial charge in [0, 0.05) is 27.7 Å². The van der Waals surface area contributed by atoms with E-state index in [1.54, 1.807) is 18.2 Å². The first-order valence-electron chi connectivity index (χ1n) is 5.70. The van der Waals surface area contributed by atoms with Crippen LogP contribution in [0.3, 0.4) is 0 Å². The normalized spacial score (nSPS) is 26.4. The molecule has 6 heteroatoms. The van der Waals surface area contributed by atoms with Crippen LogP contribution in [0.15, 0.2) is 18.2 Å². The van der Waals surface area contributed by atoms with Crippen molar-refractivity contribution in [3.05, 3.63) is 33.8 Å². The van der Waals surface area contributed by atoms with E-state index < -0.39 is 9.84 Å². The zero-order valence-electron chi connectivity index (χ0n) is 10.0. The summed E-state index contributed by atoms with van der Waals surface area (Å²) in [7, 11) is -2.91. The molecule has 1 unspecified atom stereocenters. The van der Waals surface area contributed by atoms with Gasteiger partial charge in [-0.3, -0.25) is 0 Å². The van der Waals surface area contributed by atoms with E-state index in [1.807, 2.05) is 6.92 Å². The first-order chi connectivity index (χ1) is 8.31. The second-order valence-electron chi connectivity index (χ2n) is 4.96. The van der Waals surface area contributed by atoms with Crippen molar-refractivity contribution in [1.82, 2.24) is 5.32 Å². The monoisotopic (exact) mass is 307 g/mol. The van der Waals surface area contributed by atoms with Crippen LogP contribution < -0.4 is 5.32 Å². The first kappa shape index (κ1) is 14.1. The molecule has 1 aromatic rings. The van der Waals surface area contributed by atoms with Crippen LogP contribution in [0.1, 0.15) is 18.9 Å². The summed E-state index contributed by atoms with van der Waals surface area (Å²) in [4.78, 5) is 0. The van der Waals surface area contributed by atoms with Crippen LogP contribution in [0, 0.1) is 0 Å². The molecule has 3 nitrogen and oxygen atoms in total. The maximum Gasteiger partial charge on any atom is 0.152 e. The third kappa shape index (κ3) is 3.18. The van der Waals surface area contributed by atoms with Gasteiger partial charge >= 0.3 is 0 Å². The topological polar surface area (TPSA) is 46.2 Å². The zero-order valence-corrected chi connectivity index (χ0v) is 12.4. The summed E-state index contributed by atoms with van der Waals surface area (Å²) >= 11 is 12.1. The molecule has 0 radical (unpaired) electrons. The van der Waals surface area contributed by atoms with Gasteiger partial charge in [-0.05, 0) is 25.5 Å². The molecule has 1 aromatic carbocycles. The van der Waals surface area contributed by atoms with E-state index in [0.717, 1.165) is 5.56 Å². The molecule has 1 saturated heterocycles. The standard InChI is InChI=1S/C12H15Cl2NO2S/c1-12(5-6-18(16,17)8-12)15-7-9-10(13)3-2-4-11(9)14/h2-4,15H,5-8H2,1H3. The second kappa shape index (κ2) is 5.00. The minimum absolute atomic E-state index is 0.169. The van der Waals surface area contributed by atoms with E-state index >= 15 is 0 Å². The number of benzene rings is 1. The van der Waals surface area contributed by atoms with Crippen molar-refractivity contribution < 1.29 is 8.42 Å². The van der Waals surface area contributed by atoms with Crippen LogP contribution in [-0.2, 0) is 16.4 Å². The lowest BCUT2D eigenvalue weighted by molar-refractivity contribution is 0.395. The largest absolute Gasteiger partial charge is 0.306 e. The highest BCUT2D eigenvalue weighted by molar-refractivity contribution is 7.91. The van der Waals surface area contributed by atoms with Gasteiger partial charge in [0.25, 0.3) is 0 Å². The average molecular weight is 308 g/mol. The molecular formula is C12H15Cl2NO2S. The van der Waals surface area contributed by atoms with Crippen molar-refractivity contribution in [1.29, 1.82) is 0 Å². The maximum absolute atomic E-state index is 11.5. The Labute approximate surface area is 117 Å². The molecule has 0 aliphatic carbocycles. The van der Waals surface area contributed by atoms with Gasteiger partial charge in [-0.2, -0.15) is 0 Å². The SMILES string of the molecule is CC1(NCc2c(Cl)cccc2Cl)CCS(=O)(=O)C1. The summed E-state index contributed by atoms with van der Waals surface area (Å²) in [5, 5.41) is 4.46. The highest BCUT2D eigenvalue weighted by Crippen LogP contribution is 2.27. The van der Waals surface area contributed by atoms with E-state index in [9.17, 15) is 8.42 Å². The molecule has 0 spiro atoms. The van der Waals surface area contributed by atoms with Gasteiger partial charge in [0.05, 0.1) is 11.5 Å². The van der Waals surface area contributed by atoms with Gasteiger partial charge < -0.3 is 5.32 Å². The van der Waals surface area contributed by atoms with Gasteiger partial charge in [0.2, 0.25) is 0 Å². The maximum atomic E-state index is 11.5. The fraction of sp³-hybridized carbons (Fsp3) is 0.500. The molecule has 1 aliphatic heterocycles. The highest BCUT2D eigenvalue weighted by atomic mass is 35.5. The Balaban J connectivity index is 2.09. The van der Waals surface area contributed by atoms with Crippen LogP contribution >= 0.6 is 23.2 Å². The summed E-state index contributed by atoms with van der Waals surface area (Å²) in [6.45, 7) is 2.40. The highest BCUT2D eigenvalue weighted by Gasteiger charge is 2.37. The Hall–Kier alpha value is -0.290. The Morgan fingerprint density at radius 1 is 1.33 bits per heavy atom. The quantitative estimate of drug-likeness (QED) is 0.934. The van der Waals surface area contributed by atoms with Crippen LogP contribution in [0.5, 0.6) is 0 Å². The first-order valence-corrected chi connectivity index (χ1v) is 8.27. The Morgan fingerprint density at radius 3 is 2.44 bits per heavy atom. The number of hydrogen-bond acceptors (Lipinski definition) is 3. The lowest BCUT2D eigenvalue weighted by Crippen LogP contribution is -2.42. The summed E-state index contributed by atoms with van der Waals surface area (Å²) < 4.78 is 23.0. The predicted octanol–water partition coefficient (Wildman–Crippen LogP) is 2.66. The van der Waals surface area contributed by atoms with Crippen molar-refractivity contribution in [2.24, 2.45) is 0 Å². The Kier molecular flexibility index (Phi) is 3.93. The predicted molar refractivity (Wildman–Crippen MR) is 75.0 cm³/mol. The number of halogens is 2. The van der Waals surface area contributed by atoms with Crippen molar-refractivity contribution in [2.45, 2.75) is 25.4 Å². The summed E-state index contributed by atoms with van der Waals surface area (Å²) in [6, 6.07) is 5.34. The number of hydrogen-bond donors (Lipinski definition) is 1. The van der Waals surface area contributed by atoms with E-state index in [1.165, 1.54) is 0 Å². The molecule has 2 rings (SSSR count). The third-order valence-electron chi connectivity index (χ3n) is 3.26. The molecule has 0 saturated carbocycles. The van der Waals surface area contributed by atoms with Crippen molar-refractivity contribution in [3.8, 4) is 0 Å². The summed E-state index contributed by atoms with van der Waals surface area (Å²) in [5.74, 6) is 0.412. The molecule has 1 heterocycles. The van der Waals surface area contributed by atoms with Gasteiger partial charge in [-0.15, -0.1) is 0 Å². The summed E-state index contributed by atoms with van der Waals surface area (Å²) in [5.41, 5.74) is 0.424. The molecule has 1 N–H and O–H groups in total. The fourth-order valence-corrected chi connectivity index (χ4v) is 4.81. The Morgan fingerprint density at radius 2 is 1.94 bits per heavy atom. The molecule has 1 aliphatic rings.